The zero-order chi connectivity index (χ0) is 19.2. The average molecular weight is 415 g/mol. The zero-order valence-corrected chi connectivity index (χ0v) is 15.7. The number of rotatable bonds is 8. The van der Waals surface area contributed by atoms with Gasteiger partial charge in [-0.3, -0.25) is 14.3 Å². The summed E-state index contributed by atoms with van der Waals surface area (Å²) in [5.41, 5.74) is 0.790. The van der Waals surface area contributed by atoms with Gasteiger partial charge in [-0.2, -0.15) is 0 Å². The van der Waals surface area contributed by atoms with Crippen LogP contribution in [-0.4, -0.2) is 36.9 Å². The second-order valence-electron chi connectivity index (χ2n) is 5.07. The van der Waals surface area contributed by atoms with Crippen molar-refractivity contribution in [2.45, 2.75) is 4.90 Å². The third-order valence-electron chi connectivity index (χ3n) is 3.00. The monoisotopic (exact) mass is 414 g/mol. The molecule has 1 amide bonds. The molecule has 2 aromatic carbocycles. The van der Waals surface area contributed by atoms with Crippen LogP contribution in [0, 0.1) is 0 Å². The quantitative estimate of drug-likeness (QED) is 0.612. The van der Waals surface area contributed by atoms with E-state index in [1.165, 1.54) is 24.3 Å². The van der Waals surface area contributed by atoms with Gasteiger partial charge < -0.3 is 10.4 Å². The lowest BCUT2D eigenvalue weighted by Gasteiger charge is -2.09. The maximum absolute atomic E-state index is 12.3. The van der Waals surface area contributed by atoms with Gasteiger partial charge in [-0.15, -0.1) is 11.8 Å². The first-order valence-corrected chi connectivity index (χ1v) is 10.3. The number of carboxylic acid groups (broad SMARTS) is 1. The number of anilines is 2. The number of aliphatic carboxylic acids is 1. The molecule has 2 rings (SSSR count). The van der Waals surface area contributed by atoms with Crippen LogP contribution in [-0.2, 0) is 19.6 Å². The fourth-order valence-corrected chi connectivity index (χ4v) is 3.60. The van der Waals surface area contributed by atoms with E-state index < -0.39 is 16.0 Å². The maximum Gasteiger partial charge on any atom is 0.313 e. The van der Waals surface area contributed by atoms with Crippen LogP contribution in [0.5, 0.6) is 0 Å². The standard InChI is InChI=1S/C16H15ClN2O5S2/c17-11-1-3-13(4-2-11)19-26(23,24)14-7-5-12(6-8-14)18-15(20)9-25-10-16(21)22/h1-8,19H,9-10H2,(H,18,20)(H,21,22). The zero-order valence-electron chi connectivity index (χ0n) is 13.3. The predicted octanol–water partition coefficient (Wildman–Crippen LogP) is 2.90. The number of sulfonamides is 1. The summed E-state index contributed by atoms with van der Waals surface area (Å²) in [7, 11) is -3.77. The van der Waals surface area contributed by atoms with Crippen LogP contribution in [0.3, 0.4) is 0 Å². The van der Waals surface area contributed by atoms with Gasteiger partial charge >= 0.3 is 5.97 Å². The van der Waals surface area contributed by atoms with Gasteiger partial charge in [-0.05, 0) is 48.5 Å². The molecule has 7 nitrogen and oxygen atoms in total. The van der Waals surface area contributed by atoms with Crippen LogP contribution in [0.1, 0.15) is 0 Å². The maximum atomic E-state index is 12.3. The number of hydrogen-bond donors (Lipinski definition) is 3. The molecule has 0 aromatic heterocycles. The topological polar surface area (TPSA) is 113 Å². The minimum Gasteiger partial charge on any atom is -0.481 e. The fourth-order valence-electron chi connectivity index (χ4n) is 1.88. The van der Waals surface area contributed by atoms with E-state index in [0.717, 1.165) is 11.8 Å². The van der Waals surface area contributed by atoms with E-state index in [2.05, 4.69) is 10.0 Å². The smallest absolute Gasteiger partial charge is 0.313 e. The number of carbonyl (C=O) groups is 2. The molecule has 0 aliphatic carbocycles. The van der Waals surface area contributed by atoms with Crippen LogP contribution in [0.2, 0.25) is 5.02 Å². The molecule has 0 spiro atoms. The Morgan fingerprint density at radius 2 is 1.54 bits per heavy atom. The molecule has 0 heterocycles. The minimum absolute atomic E-state index is 0.00945. The Bertz CT molecular complexity index is 884. The van der Waals surface area contributed by atoms with Crippen LogP contribution >= 0.6 is 23.4 Å². The average Bonchev–Trinajstić information content (AvgIpc) is 2.57. The number of amides is 1. The summed E-state index contributed by atoms with van der Waals surface area (Å²) in [6, 6.07) is 11.9. The number of carboxylic acids is 1. The molecular formula is C16H15ClN2O5S2. The summed E-state index contributed by atoms with van der Waals surface area (Å²) in [4.78, 5) is 22.1. The lowest BCUT2D eigenvalue weighted by molar-refractivity contribution is -0.133. The molecule has 26 heavy (non-hydrogen) atoms. The second kappa shape index (κ2) is 8.93. The number of halogens is 1. The molecule has 0 atom stereocenters. The molecule has 3 N–H and O–H groups in total. The second-order valence-corrected chi connectivity index (χ2v) is 8.18. The Morgan fingerprint density at radius 1 is 0.962 bits per heavy atom. The molecule has 0 saturated carbocycles. The minimum atomic E-state index is -3.77. The van der Waals surface area contributed by atoms with Crippen molar-refractivity contribution >= 4 is 56.6 Å². The van der Waals surface area contributed by atoms with Crippen molar-refractivity contribution in [3.05, 3.63) is 53.6 Å². The summed E-state index contributed by atoms with van der Waals surface area (Å²) in [5, 5.41) is 11.6. The van der Waals surface area contributed by atoms with Crippen molar-refractivity contribution in [3.63, 3.8) is 0 Å². The van der Waals surface area contributed by atoms with Crippen LogP contribution in [0.15, 0.2) is 53.4 Å². The Balaban J connectivity index is 1.98. The molecule has 0 unspecified atom stereocenters. The summed E-state index contributed by atoms with van der Waals surface area (Å²) in [6.07, 6.45) is 0. The van der Waals surface area contributed by atoms with E-state index in [0.29, 0.717) is 16.4 Å². The Kier molecular flexibility index (Phi) is 6.90. The molecule has 0 radical (unpaired) electrons. The van der Waals surface area contributed by atoms with Gasteiger partial charge in [-0.1, -0.05) is 11.6 Å². The molecular weight excluding hydrogens is 400 g/mol. The lowest BCUT2D eigenvalue weighted by Crippen LogP contribution is -2.16. The predicted molar refractivity (Wildman–Crippen MR) is 102 cm³/mol. The molecule has 138 valence electrons. The Morgan fingerprint density at radius 3 is 2.12 bits per heavy atom. The first-order valence-electron chi connectivity index (χ1n) is 7.24. The van der Waals surface area contributed by atoms with Crippen molar-refractivity contribution in [1.82, 2.24) is 0 Å². The number of thioether (sulfide) groups is 1. The van der Waals surface area contributed by atoms with E-state index in [4.69, 9.17) is 16.7 Å². The highest BCUT2D eigenvalue weighted by atomic mass is 35.5. The van der Waals surface area contributed by atoms with Crippen molar-refractivity contribution in [1.29, 1.82) is 0 Å². The summed E-state index contributed by atoms with van der Waals surface area (Å²) in [6.45, 7) is 0. The van der Waals surface area contributed by atoms with Gasteiger partial charge in [0.1, 0.15) is 0 Å². The van der Waals surface area contributed by atoms with E-state index in [-0.39, 0.29) is 22.3 Å². The van der Waals surface area contributed by atoms with Gasteiger partial charge in [0, 0.05) is 16.4 Å². The molecule has 0 fully saturated rings. The number of hydrogen-bond acceptors (Lipinski definition) is 5. The lowest BCUT2D eigenvalue weighted by atomic mass is 10.3. The molecule has 0 saturated heterocycles. The van der Waals surface area contributed by atoms with Gasteiger partial charge in [0.05, 0.1) is 16.4 Å². The van der Waals surface area contributed by atoms with Crippen molar-refractivity contribution in [2.75, 3.05) is 21.5 Å². The fraction of sp³-hybridized carbons (Fsp3) is 0.125. The van der Waals surface area contributed by atoms with E-state index >= 15 is 0 Å². The SMILES string of the molecule is O=C(O)CSCC(=O)Nc1ccc(S(=O)(=O)Nc2ccc(Cl)cc2)cc1. The third-order valence-corrected chi connectivity index (χ3v) is 5.57. The van der Waals surface area contributed by atoms with Crippen LogP contribution < -0.4 is 10.0 Å². The molecule has 10 heteroatoms. The highest BCUT2D eigenvalue weighted by molar-refractivity contribution is 8.00. The van der Waals surface area contributed by atoms with Gasteiger partial charge in [0.2, 0.25) is 5.91 Å². The Labute approximate surface area is 159 Å². The molecule has 2 aromatic rings. The van der Waals surface area contributed by atoms with Gasteiger partial charge in [0.15, 0.2) is 0 Å². The van der Waals surface area contributed by atoms with Crippen molar-refractivity contribution in [3.8, 4) is 0 Å². The molecule has 0 aliphatic heterocycles. The van der Waals surface area contributed by atoms with Gasteiger partial charge in [0.25, 0.3) is 10.0 Å². The van der Waals surface area contributed by atoms with E-state index in [1.807, 2.05) is 0 Å². The summed E-state index contributed by atoms with van der Waals surface area (Å²) in [5.74, 6) is -1.54. The Hall–Kier alpha value is -2.23. The number of benzene rings is 2. The van der Waals surface area contributed by atoms with Crippen molar-refractivity contribution < 1.29 is 23.1 Å². The van der Waals surface area contributed by atoms with Crippen LogP contribution in [0.25, 0.3) is 0 Å². The summed E-state index contributed by atoms with van der Waals surface area (Å²) >= 11 is 6.74. The summed E-state index contributed by atoms with van der Waals surface area (Å²) < 4.78 is 27.1. The first kappa shape index (κ1) is 20.1. The molecule has 0 aliphatic rings. The normalized spacial score (nSPS) is 11.0. The first-order chi connectivity index (χ1) is 12.3. The third kappa shape index (κ3) is 6.25. The highest BCUT2D eigenvalue weighted by Gasteiger charge is 2.14. The van der Waals surface area contributed by atoms with Gasteiger partial charge in [-0.25, -0.2) is 8.42 Å². The molecule has 0 bridgehead atoms. The van der Waals surface area contributed by atoms with E-state index in [1.54, 1.807) is 24.3 Å². The number of nitrogens with one attached hydrogen (secondary N) is 2. The van der Waals surface area contributed by atoms with E-state index in [9.17, 15) is 18.0 Å². The van der Waals surface area contributed by atoms with Crippen molar-refractivity contribution in [2.24, 2.45) is 0 Å². The van der Waals surface area contributed by atoms with Crippen LogP contribution in [0.4, 0.5) is 11.4 Å². The highest BCUT2D eigenvalue weighted by Crippen LogP contribution is 2.20. The largest absolute Gasteiger partial charge is 0.481 e. The number of carbonyl (C=O) groups excluding carboxylic acids is 1.